The van der Waals surface area contributed by atoms with Crippen LogP contribution in [0.15, 0.2) is 23.3 Å². The highest BCUT2D eigenvalue weighted by atomic mass is 16.6. The molecule has 0 spiro atoms. The molecule has 0 saturated heterocycles. The average Bonchev–Trinajstić information content (AvgIpc) is 2.35. The molecule has 0 unspecified atom stereocenters. The van der Waals surface area contributed by atoms with Gasteiger partial charge in [-0.15, -0.1) is 0 Å². The van der Waals surface area contributed by atoms with Crippen LogP contribution >= 0.6 is 0 Å². The Kier molecular flexibility index (Phi) is 5.23. The Morgan fingerprint density at radius 3 is 2.70 bits per heavy atom. The lowest BCUT2D eigenvalue weighted by Crippen LogP contribution is -2.27. The number of benzene rings is 1. The van der Waals surface area contributed by atoms with E-state index in [1.807, 2.05) is 0 Å². The van der Waals surface area contributed by atoms with Gasteiger partial charge < -0.3 is 9.47 Å². The molecule has 0 heterocycles. The summed E-state index contributed by atoms with van der Waals surface area (Å²) >= 11 is 0. The molecular weight excluding hydrogens is 260 g/mol. The van der Waals surface area contributed by atoms with Crippen LogP contribution in [0.25, 0.3) is 10.4 Å². The largest absolute Gasteiger partial charge is 0.495 e. The molecule has 108 valence electrons. The summed E-state index contributed by atoms with van der Waals surface area (Å²) in [6.07, 6.45) is -0.557. The molecule has 0 saturated carbocycles. The van der Waals surface area contributed by atoms with Crippen molar-refractivity contribution in [2.45, 2.75) is 32.9 Å². The Hall–Kier alpha value is -2.40. The number of amides is 1. The van der Waals surface area contributed by atoms with Crippen LogP contribution in [-0.4, -0.2) is 18.8 Å². The molecule has 0 aromatic heterocycles. The summed E-state index contributed by atoms with van der Waals surface area (Å²) < 4.78 is 10.4. The van der Waals surface area contributed by atoms with Crippen LogP contribution in [0.5, 0.6) is 5.75 Å². The maximum absolute atomic E-state index is 11.7. The van der Waals surface area contributed by atoms with Gasteiger partial charge in [-0.25, -0.2) is 4.79 Å². The van der Waals surface area contributed by atoms with Crippen molar-refractivity contribution in [1.82, 2.24) is 0 Å². The van der Waals surface area contributed by atoms with Crippen molar-refractivity contribution in [3.8, 4) is 5.75 Å². The van der Waals surface area contributed by atoms with Crippen molar-refractivity contribution in [3.05, 3.63) is 34.2 Å². The van der Waals surface area contributed by atoms with Gasteiger partial charge in [-0.2, -0.15) is 0 Å². The molecule has 0 atom stereocenters. The Morgan fingerprint density at radius 1 is 1.45 bits per heavy atom. The fraction of sp³-hybridized carbons (Fsp3) is 0.462. The molecule has 7 nitrogen and oxygen atoms in total. The minimum absolute atomic E-state index is 0.222. The fourth-order valence-corrected chi connectivity index (χ4v) is 1.46. The number of hydrogen-bond donors (Lipinski definition) is 1. The second-order valence-corrected chi connectivity index (χ2v) is 5.05. The van der Waals surface area contributed by atoms with Gasteiger partial charge in [0.05, 0.1) is 19.3 Å². The van der Waals surface area contributed by atoms with Crippen LogP contribution in [0.3, 0.4) is 0 Å². The Morgan fingerprint density at radius 2 is 2.15 bits per heavy atom. The second kappa shape index (κ2) is 6.68. The summed E-state index contributed by atoms with van der Waals surface area (Å²) in [7, 11) is 1.49. The zero-order valence-corrected chi connectivity index (χ0v) is 12.0. The van der Waals surface area contributed by atoms with E-state index in [4.69, 9.17) is 15.0 Å². The van der Waals surface area contributed by atoms with Gasteiger partial charge in [0.25, 0.3) is 0 Å². The number of rotatable bonds is 4. The summed E-state index contributed by atoms with van der Waals surface area (Å²) in [5.74, 6) is 0.474. The molecule has 1 aromatic carbocycles. The van der Waals surface area contributed by atoms with E-state index in [1.54, 1.807) is 39.0 Å². The molecule has 0 bridgehead atoms. The fourth-order valence-electron chi connectivity index (χ4n) is 1.46. The van der Waals surface area contributed by atoms with Crippen molar-refractivity contribution in [1.29, 1.82) is 0 Å². The molecular formula is C13H18N4O3. The Labute approximate surface area is 117 Å². The highest BCUT2D eigenvalue weighted by molar-refractivity contribution is 5.87. The molecule has 1 amide bonds. The van der Waals surface area contributed by atoms with Crippen LogP contribution in [0.1, 0.15) is 26.3 Å². The summed E-state index contributed by atoms with van der Waals surface area (Å²) in [6, 6.07) is 5.11. The van der Waals surface area contributed by atoms with E-state index in [-0.39, 0.29) is 6.54 Å². The van der Waals surface area contributed by atoms with Crippen molar-refractivity contribution >= 4 is 11.8 Å². The smallest absolute Gasteiger partial charge is 0.412 e. The molecule has 20 heavy (non-hydrogen) atoms. The standard InChI is InChI=1S/C13H18N4O3/c1-13(2,3)20-12(18)16-10-6-5-9(8-15-17-14)7-11(10)19-4/h5-7H,8H2,1-4H3,(H,16,18). The maximum Gasteiger partial charge on any atom is 0.412 e. The molecule has 0 aliphatic carbocycles. The lowest BCUT2D eigenvalue weighted by atomic mass is 10.2. The highest BCUT2D eigenvalue weighted by Crippen LogP contribution is 2.26. The van der Waals surface area contributed by atoms with Gasteiger partial charge in [-0.1, -0.05) is 11.2 Å². The van der Waals surface area contributed by atoms with Crippen LogP contribution in [0.2, 0.25) is 0 Å². The van der Waals surface area contributed by atoms with Crippen LogP contribution in [-0.2, 0) is 11.3 Å². The van der Waals surface area contributed by atoms with Gasteiger partial charge in [0.2, 0.25) is 0 Å². The van der Waals surface area contributed by atoms with E-state index in [2.05, 4.69) is 15.3 Å². The first-order valence-electron chi connectivity index (χ1n) is 6.03. The number of carbonyl (C=O) groups is 1. The summed E-state index contributed by atoms with van der Waals surface area (Å²) in [4.78, 5) is 14.4. The minimum atomic E-state index is -0.571. The first-order chi connectivity index (χ1) is 9.35. The third-order valence-corrected chi connectivity index (χ3v) is 2.22. The number of hydrogen-bond acceptors (Lipinski definition) is 4. The van der Waals surface area contributed by atoms with Gasteiger partial charge in [-0.05, 0) is 44.0 Å². The number of nitrogens with one attached hydrogen (secondary N) is 1. The lowest BCUT2D eigenvalue weighted by molar-refractivity contribution is 0.0635. The predicted octanol–water partition coefficient (Wildman–Crippen LogP) is 3.85. The van der Waals surface area contributed by atoms with Crippen LogP contribution in [0.4, 0.5) is 10.5 Å². The third-order valence-electron chi connectivity index (χ3n) is 2.22. The number of anilines is 1. The molecule has 0 radical (unpaired) electrons. The SMILES string of the molecule is COc1cc(CN=[N+]=[N-])ccc1NC(=O)OC(C)(C)C. The highest BCUT2D eigenvalue weighted by Gasteiger charge is 2.17. The third kappa shape index (κ3) is 5.07. The molecule has 0 aliphatic heterocycles. The monoisotopic (exact) mass is 278 g/mol. The number of nitrogens with zero attached hydrogens (tertiary/aromatic N) is 3. The normalized spacial score (nSPS) is 10.4. The Balaban J connectivity index is 2.85. The van der Waals surface area contributed by atoms with E-state index in [0.717, 1.165) is 5.56 Å². The topological polar surface area (TPSA) is 96.3 Å². The summed E-state index contributed by atoms with van der Waals surface area (Å²) in [5.41, 5.74) is 9.00. The number of ether oxygens (including phenoxy) is 2. The Bertz CT molecular complexity index is 531. The van der Waals surface area contributed by atoms with E-state index >= 15 is 0 Å². The predicted molar refractivity (Wildman–Crippen MR) is 75.7 cm³/mol. The molecule has 1 aromatic rings. The quantitative estimate of drug-likeness (QED) is 0.514. The van der Waals surface area contributed by atoms with E-state index in [0.29, 0.717) is 11.4 Å². The summed E-state index contributed by atoms with van der Waals surface area (Å²) in [5, 5.41) is 6.08. The summed E-state index contributed by atoms with van der Waals surface area (Å²) in [6.45, 7) is 5.58. The van der Waals surface area contributed by atoms with E-state index in [1.165, 1.54) is 7.11 Å². The maximum atomic E-state index is 11.7. The molecule has 7 heteroatoms. The zero-order valence-electron chi connectivity index (χ0n) is 12.0. The average molecular weight is 278 g/mol. The van der Waals surface area contributed by atoms with Crippen molar-refractivity contribution in [2.24, 2.45) is 5.11 Å². The van der Waals surface area contributed by atoms with Crippen LogP contribution in [0, 0.1) is 0 Å². The van der Waals surface area contributed by atoms with E-state index < -0.39 is 11.7 Å². The zero-order chi connectivity index (χ0) is 15.2. The van der Waals surface area contributed by atoms with Gasteiger partial charge >= 0.3 is 6.09 Å². The molecule has 1 N–H and O–H groups in total. The first kappa shape index (κ1) is 15.7. The van der Waals surface area contributed by atoms with Gasteiger partial charge in [-0.3, -0.25) is 5.32 Å². The second-order valence-electron chi connectivity index (χ2n) is 5.05. The van der Waals surface area contributed by atoms with Gasteiger partial charge in [0.15, 0.2) is 0 Å². The molecule has 0 aliphatic rings. The molecule has 1 rings (SSSR count). The van der Waals surface area contributed by atoms with Gasteiger partial charge in [0, 0.05) is 4.91 Å². The molecule has 0 fully saturated rings. The number of carbonyl (C=O) groups excluding carboxylic acids is 1. The number of azide groups is 1. The van der Waals surface area contributed by atoms with Crippen molar-refractivity contribution < 1.29 is 14.3 Å². The number of methoxy groups -OCH3 is 1. The minimum Gasteiger partial charge on any atom is -0.495 e. The van der Waals surface area contributed by atoms with Crippen LogP contribution < -0.4 is 10.1 Å². The van der Waals surface area contributed by atoms with Crippen molar-refractivity contribution in [2.75, 3.05) is 12.4 Å². The lowest BCUT2D eigenvalue weighted by Gasteiger charge is -2.20. The van der Waals surface area contributed by atoms with E-state index in [9.17, 15) is 4.79 Å². The van der Waals surface area contributed by atoms with Crippen molar-refractivity contribution in [3.63, 3.8) is 0 Å². The van der Waals surface area contributed by atoms with Gasteiger partial charge in [0.1, 0.15) is 11.4 Å². The first-order valence-corrected chi connectivity index (χ1v) is 6.03.